The highest BCUT2D eigenvalue weighted by Gasteiger charge is 2.13. The lowest BCUT2D eigenvalue weighted by atomic mass is 10.1. The molecule has 1 aromatic heterocycles. The van der Waals surface area contributed by atoms with E-state index in [1.54, 1.807) is 17.0 Å². The second kappa shape index (κ2) is 9.03. The standard InChI is InChI=1S/C22H26N4O/c1-26(22(27)19-13-7-8-14-20(19)23)15-9-3-6-12-18-16-21(25-24-18)17-10-4-2-5-11-17/h2,4-5,7-8,10-11,13-14,16H,3,6,9,12,15,23H2,1H3,(H,24,25). The maximum absolute atomic E-state index is 12.4. The molecule has 27 heavy (non-hydrogen) atoms. The van der Waals surface area contributed by atoms with Gasteiger partial charge in [0.25, 0.3) is 5.91 Å². The Kier molecular flexibility index (Phi) is 6.26. The van der Waals surface area contributed by atoms with Gasteiger partial charge in [-0.2, -0.15) is 5.10 Å². The van der Waals surface area contributed by atoms with E-state index in [4.69, 9.17) is 5.73 Å². The van der Waals surface area contributed by atoms with Gasteiger partial charge in [0.1, 0.15) is 0 Å². The van der Waals surface area contributed by atoms with Crippen molar-refractivity contribution in [2.24, 2.45) is 0 Å². The molecule has 0 unspecified atom stereocenters. The van der Waals surface area contributed by atoms with Crippen LogP contribution in [0.3, 0.4) is 0 Å². The summed E-state index contributed by atoms with van der Waals surface area (Å²) in [6.45, 7) is 0.728. The van der Waals surface area contributed by atoms with E-state index >= 15 is 0 Å². The van der Waals surface area contributed by atoms with Crippen LogP contribution in [0.25, 0.3) is 11.3 Å². The lowest BCUT2D eigenvalue weighted by Crippen LogP contribution is -2.28. The van der Waals surface area contributed by atoms with Crippen LogP contribution in [-0.2, 0) is 6.42 Å². The number of aryl methyl sites for hydroxylation is 1. The summed E-state index contributed by atoms with van der Waals surface area (Å²) in [5.74, 6) is -0.0193. The van der Waals surface area contributed by atoms with Gasteiger partial charge in [-0.05, 0) is 37.5 Å². The summed E-state index contributed by atoms with van der Waals surface area (Å²) in [6, 6.07) is 19.5. The fourth-order valence-electron chi connectivity index (χ4n) is 3.09. The number of amides is 1. The van der Waals surface area contributed by atoms with Crippen LogP contribution in [-0.4, -0.2) is 34.6 Å². The van der Waals surface area contributed by atoms with E-state index in [0.29, 0.717) is 11.3 Å². The minimum Gasteiger partial charge on any atom is -0.398 e. The number of nitrogens with one attached hydrogen (secondary N) is 1. The zero-order valence-corrected chi connectivity index (χ0v) is 15.7. The van der Waals surface area contributed by atoms with Crippen molar-refractivity contribution in [2.45, 2.75) is 25.7 Å². The van der Waals surface area contributed by atoms with Crippen LogP contribution in [0.1, 0.15) is 35.3 Å². The summed E-state index contributed by atoms with van der Waals surface area (Å²) in [5, 5.41) is 7.51. The van der Waals surface area contributed by atoms with E-state index in [1.807, 2.05) is 37.4 Å². The first-order valence-corrected chi connectivity index (χ1v) is 9.35. The van der Waals surface area contributed by atoms with Crippen LogP contribution in [0.15, 0.2) is 60.7 Å². The summed E-state index contributed by atoms with van der Waals surface area (Å²) in [4.78, 5) is 14.2. The van der Waals surface area contributed by atoms with Crippen LogP contribution in [0.2, 0.25) is 0 Å². The highest BCUT2D eigenvalue weighted by atomic mass is 16.2. The van der Waals surface area contributed by atoms with Gasteiger partial charge in [-0.1, -0.05) is 48.9 Å². The molecule has 0 bridgehead atoms. The number of nitrogens with zero attached hydrogens (tertiary/aromatic N) is 2. The van der Waals surface area contributed by atoms with Crippen molar-refractivity contribution >= 4 is 11.6 Å². The molecule has 3 N–H and O–H groups in total. The number of hydrogen-bond acceptors (Lipinski definition) is 3. The topological polar surface area (TPSA) is 75.0 Å². The molecule has 0 atom stereocenters. The number of nitrogen functional groups attached to an aromatic ring is 1. The Morgan fingerprint density at radius 2 is 1.78 bits per heavy atom. The molecule has 140 valence electrons. The Balaban J connectivity index is 1.40. The average Bonchev–Trinajstić information content (AvgIpc) is 3.17. The number of aromatic amines is 1. The predicted octanol–water partition coefficient (Wildman–Crippen LogP) is 4.14. The van der Waals surface area contributed by atoms with Crippen LogP contribution >= 0.6 is 0 Å². The Labute approximate surface area is 160 Å². The molecule has 0 aliphatic rings. The number of unbranched alkanes of at least 4 members (excludes halogenated alkanes) is 2. The first kappa shape index (κ1) is 18.7. The summed E-state index contributed by atoms with van der Waals surface area (Å²) >= 11 is 0. The molecule has 0 aliphatic carbocycles. The Morgan fingerprint density at radius 3 is 2.56 bits per heavy atom. The summed E-state index contributed by atoms with van der Waals surface area (Å²) in [5.41, 5.74) is 10.2. The summed E-state index contributed by atoms with van der Waals surface area (Å²) < 4.78 is 0. The third-order valence-electron chi connectivity index (χ3n) is 4.68. The van der Waals surface area contributed by atoms with Crippen molar-refractivity contribution in [3.8, 4) is 11.3 Å². The van der Waals surface area contributed by atoms with Crippen LogP contribution in [0.5, 0.6) is 0 Å². The quantitative estimate of drug-likeness (QED) is 0.467. The molecule has 2 aromatic carbocycles. The van der Waals surface area contributed by atoms with E-state index in [-0.39, 0.29) is 5.91 Å². The highest BCUT2D eigenvalue weighted by molar-refractivity contribution is 5.98. The molecular formula is C22H26N4O. The minimum absolute atomic E-state index is 0.0193. The van der Waals surface area contributed by atoms with Gasteiger partial charge in [-0.3, -0.25) is 9.89 Å². The number of anilines is 1. The first-order chi connectivity index (χ1) is 13.1. The Bertz CT molecular complexity index is 873. The molecule has 0 saturated heterocycles. The van der Waals surface area contributed by atoms with E-state index in [0.717, 1.165) is 49.2 Å². The molecule has 5 heteroatoms. The van der Waals surface area contributed by atoms with E-state index in [9.17, 15) is 4.79 Å². The number of para-hydroxylation sites is 1. The SMILES string of the molecule is CN(CCCCCc1cc(-c2ccccc2)n[nH]1)C(=O)c1ccccc1N. The van der Waals surface area contributed by atoms with Crippen molar-refractivity contribution in [1.29, 1.82) is 0 Å². The zero-order chi connectivity index (χ0) is 19.1. The predicted molar refractivity (Wildman–Crippen MR) is 109 cm³/mol. The molecule has 0 fully saturated rings. The zero-order valence-electron chi connectivity index (χ0n) is 15.7. The minimum atomic E-state index is -0.0193. The van der Waals surface area contributed by atoms with Crippen molar-refractivity contribution in [2.75, 3.05) is 19.3 Å². The number of carbonyl (C=O) groups is 1. The maximum Gasteiger partial charge on any atom is 0.255 e. The van der Waals surface area contributed by atoms with Crippen LogP contribution in [0, 0.1) is 0 Å². The molecule has 3 aromatic rings. The summed E-state index contributed by atoms with van der Waals surface area (Å²) in [7, 11) is 1.83. The van der Waals surface area contributed by atoms with Gasteiger partial charge >= 0.3 is 0 Å². The van der Waals surface area contributed by atoms with Crippen LogP contribution in [0.4, 0.5) is 5.69 Å². The van der Waals surface area contributed by atoms with Gasteiger partial charge in [0.05, 0.1) is 11.3 Å². The molecule has 0 aliphatic heterocycles. The van der Waals surface area contributed by atoms with Gasteiger partial charge < -0.3 is 10.6 Å². The van der Waals surface area contributed by atoms with Crippen molar-refractivity contribution in [3.63, 3.8) is 0 Å². The normalized spacial score (nSPS) is 10.7. The second-order valence-corrected chi connectivity index (χ2v) is 6.77. The van der Waals surface area contributed by atoms with Crippen LogP contribution < -0.4 is 5.73 Å². The number of hydrogen-bond donors (Lipinski definition) is 2. The maximum atomic E-state index is 12.4. The van der Waals surface area contributed by atoms with Gasteiger partial charge in [-0.15, -0.1) is 0 Å². The monoisotopic (exact) mass is 362 g/mol. The second-order valence-electron chi connectivity index (χ2n) is 6.77. The van der Waals surface area contributed by atoms with Crippen molar-refractivity contribution < 1.29 is 4.79 Å². The fraction of sp³-hybridized carbons (Fsp3) is 0.273. The lowest BCUT2D eigenvalue weighted by molar-refractivity contribution is 0.0793. The van der Waals surface area contributed by atoms with Crippen molar-refractivity contribution in [3.05, 3.63) is 71.9 Å². The smallest absolute Gasteiger partial charge is 0.255 e. The van der Waals surface area contributed by atoms with E-state index in [2.05, 4.69) is 28.4 Å². The van der Waals surface area contributed by atoms with Crippen molar-refractivity contribution in [1.82, 2.24) is 15.1 Å². The largest absolute Gasteiger partial charge is 0.398 e. The van der Waals surface area contributed by atoms with Gasteiger partial charge in [-0.25, -0.2) is 0 Å². The average molecular weight is 362 g/mol. The number of H-pyrrole nitrogens is 1. The first-order valence-electron chi connectivity index (χ1n) is 9.35. The van der Waals surface area contributed by atoms with E-state index < -0.39 is 0 Å². The molecule has 0 radical (unpaired) electrons. The Morgan fingerprint density at radius 1 is 1.04 bits per heavy atom. The highest BCUT2D eigenvalue weighted by Crippen LogP contribution is 2.18. The molecule has 0 saturated carbocycles. The van der Waals surface area contributed by atoms with Gasteiger partial charge in [0, 0.05) is 30.5 Å². The third kappa shape index (κ3) is 4.97. The number of rotatable bonds is 8. The number of nitrogens with two attached hydrogens (primary N) is 1. The molecule has 0 spiro atoms. The number of carbonyl (C=O) groups excluding carboxylic acids is 1. The lowest BCUT2D eigenvalue weighted by Gasteiger charge is -2.18. The van der Waals surface area contributed by atoms with Gasteiger partial charge in [0.2, 0.25) is 0 Å². The third-order valence-corrected chi connectivity index (χ3v) is 4.68. The van der Waals surface area contributed by atoms with E-state index in [1.165, 1.54) is 0 Å². The Hall–Kier alpha value is -3.08. The molecule has 5 nitrogen and oxygen atoms in total. The summed E-state index contributed by atoms with van der Waals surface area (Å²) in [6.07, 6.45) is 4.05. The van der Waals surface area contributed by atoms with Gasteiger partial charge in [0.15, 0.2) is 0 Å². The number of benzene rings is 2. The molecule has 1 amide bonds. The molecule has 1 heterocycles. The number of aromatic nitrogens is 2. The fourth-order valence-corrected chi connectivity index (χ4v) is 3.09. The molecular weight excluding hydrogens is 336 g/mol. The molecule has 3 rings (SSSR count).